The lowest BCUT2D eigenvalue weighted by Crippen LogP contribution is -2.37. The number of anilines is 1. The number of rotatable bonds is 5. The highest BCUT2D eigenvalue weighted by Crippen LogP contribution is 2.26. The van der Waals surface area contributed by atoms with E-state index in [1.807, 2.05) is 18.3 Å². The zero-order valence-corrected chi connectivity index (χ0v) is 13.3. The Balaban J connectivity index is 2.44. The van der Waals surface area contributed by atoms with Crippen molar-refractivity contribution in [2.75, 3.05) is 32.1 Å². The van der Waals surface area contributed by atoms with Crippen molar-refractivity contribution in [2.45, 2.75) is 20.3 Å². The number of hydrogen-bond acceptors (Lipinski definition) is 3. The molecule has 0 aliphatic rings. The third kappa shape index (κ3) is 3.51. The van der Waals surface area contributed by atoms with E-state index in [4.69, 9.17) is 0 Å². The monoisotopic (exact) mass is 285 g/mol. The smallest absolute Gasteiger partial charge is 0.241 e. The Labute approximate surface area is 126 Å². The molecular weight excluding hydrogens is 262 g/mol. The minimum atomic E-state index is 0.112. The zero-order chi connectivity index (χ0) is 15.4. The lowest BCUT2D eigenvalue weighted by atomic mass is 10.1. The van der Waals surface area contributed by atoms with Crippen LogP contribution < -0.4 is 4.90 Å². The Kier molecular flexibility index (Phi) is 4.78. The summed E-state index contributed by atoms with van der Waals surface area (Å²) >= 11 is 0. The van der Waals surface area contributed by atoms with Crippen molar-refractivity contribution in [1.29, 1.82) is 0 Å². The molecule has 0 unspecified atom stereocenters. The molecule has 2 aromatic rings. The summed E-state index contributed by atoms with van der Waals surface area (Å²) in [5.74, 6) is 0.112. The highest BCUT2D eigenvalue weighted by atomic mass is 16.2. The van der Waals surface area contributed by atoms with E-state index in [2.05, 4.69) is 35.9 Å². The van der Waals surface area contributed by atoms with E-state index in [0.717, 1.165) is 29.6 Å². The molecule has 0 fully saturated rings. The van der Waals surface area contributed by atoms with Crippen LogP contribution in [0.5, 0.6) is 0 Å². The largest absolute Gasteiger partial charge is 0.362 e. The van der Waals surface area contributed by atoms with Crippen molar-refractivity contribution >= 4 is 22.5 Å². The summed E-state index contributed by atoms with van der Waals surface area (Å²) in [6.45, 7) is 5.45. The Hall–Kier alpha value is -2.10. The topological polar surface area (TPSA) is 36.4 Å². The maximum atomic E-state index is 12.1. The van der Waals surface area contributed by atoms with E-state index in [0.29, 0.717) is 6.54 Å². The van der Waals surface area contributed by atoms with Crippen molar-refractivity contribution in [3.63, 3.8) is 0 Å². The summed E-state index contributed by atoms with van der Waals surface area (Å²) in [5.41, 5.74) is 3.25. The van der Waals surface area contributed by atoms with Crippen molar-refractivity contribution in [2.24, 2.45) is 0 Å². The van der Waals surface area contributed by atoms with Crippen molar-refractivity contribution in [3.05, 3.63) is 36.0 Å². The van der Waals surface area contributed by atoms with Gasteiger partial charge < -0.3 is 9.80 Å². The van der Waals surface area contributed by atoms with Crippen molar-refractivity contribution in [3.8, 4) is 0 Å². The van der Waals surface area contributed by atoms with Crippen LogP contribution >= 0.6 is 0 Å². The van der Waals surface area contributed by atoms with Crippen LogP contribution in [0.4, 0.5) is 5.69 Å². The third-order valence-electron chi connectivity index (χ3n) is 3.53. The van der Waals surface area contributed by atoms with Gasteiger partial charge in [0, 0.05) is 37.9 Å². The lowest BCUT2D eigenvalue weighted by Gasteiger charge is -2.26. The highest BCUT2D eigenvalue weighted by Gasteiger charge is 2.15. The van der Waals surface area contributed by atoms with Gasteiger partial charge in [-0.2, -0.15) is 0 Å². The summed E-state index contributed by atoms with van der Waals surface area (Å²) < 4.78 is 0. The first-order chi connectivity index (χ1) is 10.0. The summed E-state index contributed by atoms with van der Waals surface area (Å²) in [6.07, 6.45) is 2.81. The van der Waals surface area contributed by atoms with Gasteiger partial charge in [0.05, 0.1) is 12.1 Å². The summed E-state index contributed by atoms with van der Waals surface area (Å²) in [6, 6.07) is 8.24. The van der Waals surface area contributed by atoms with Crippen molar-refractivity contribution < 1.29 is 4.79 Å². The van der Waals surface area contributed by atoms with E-state index in [1.165, 1.54) is 5.56 Å². The highest BCUT2D eigenvalue weighted by molar-refractivity contribution is 5.93. The van der Waals surface area contributed by atoms with Gasteiger partial charge in [0.2, 0.25) is 5.91 Å². The number of likely N-dealkylation sites (N-methyl/N-ethyl adjacent to an activating group) is 1. The molecule has 0 atom stereocenters. The minimum absolute atomic E-state index is 0.112. The fraction of sp³-hybridized carbons (Fsp3) is 0.412. The van der Waals surface area contributed by atoms with Crippen LogP contribution in [0.15, 0.2) is 30.5 Å². The first-order valence-electron chi connectivity index (χ1n) is 7.33. The molecule has 0 saturated carbocycles. The molecule has 1 heterocycles. The number of aryl methyl sites for hydroxylation is 1. The van der Waals surface area contributed by atoms with Gasteiger partial charge in [-0.15, -0.1) is 0 Å². The van der Waals surface area contributed by atoms with Gasteiger partial charge >= 0.3 is 0 Å². The SMILES string of the molecule is CCCN(CC(=O)N(C)C)c1ccnc2ccc(C)cc12. The number of carbonyl (C=O) groups excluding carboxylic acids is 1. The molecule has 1 amide bonds. The van der Waals surface area contributed by atoms with Crippen LogP contribution in [-0.2, 0) is 4.79 Å². The molecule has 112 valence electrons. The van der Waals surface area contributed by atoms with Gasteiger partial charge in [-0.05, 0) is 31.5 Å². The number of amides is 1. The van der Waals surface area contributed by atoms with E-state index >= 15 is 0 Å². The number of aromatic nitrogens is 1. The van der Waals surface area contributed by atoms with E-state index in [1.54, 1.807) is 19.0 Å². The molecule has 0 spiro atoms. The summed E-state index contributed by atoms with van der Waals surface area (Å²) in [5, 5.41) is 1.11. The average molecular weight is 285 g/mol. The van der Waals surface area contributed by atoms with E-state index in [9.17, 15) is 4.79 Å². The van der Waals surface area contributed by atoms with Crippen LogP contribution in [0, 0.1) is 6.92 Å². The van der Waals surface area contributed by atoms with Gasteiger partial charge in [0.1, 0.15) is 0 Å². The number of carbonyl (C=O) groups is 1. The van der Waals surface area contributed by atoms with E-state index < -0.39 is 0 Å². The normalized spacial score (nSPS) is 10.7. The number of pyridine rings is 1. The molecule has 0 aliphatic heterocycles. The maximum absolute atomic E-state index is 12.1. The second-order valence-electron chi connectivity index (χ2n) is 5.56. The van der Waals surface area contributed by atoms with Gasteiger partial charge in [-0.1, -0.05) is 18.6 Å². The third-order valence-corrected chi connectivity index (χ3v) is 3.53. The lowest BCUT2D eigenvalue weighted by molar-refractivity contribution is -0.127. The van der Waals surface area contributed by atoms with Gasteiger partial charge in [-0.3, -0.25) is 9.78 Å². The molecule has 1 aromatic heterocycles. The predicted molar refractivity (Wildman–Crippen MR) is 87.7 cm³/mol. The maximum Gasteiger partial charge on any atom is 0.241 e. The van der Waals surface area contributed by atoms with Crippen molar-refractivity contribution in [1.82, 2.24) is 9.88 Å². The molecule has 1 aromatic carbocycles. The molecule has 0 bridgehead atoms. The van der Waals surface area contributed by atoms with Gasteiger partial charge in [0.15, 0.2) is 0 Å². The predicted octanol–water partition coefficient (Wildman–Crippen LogP) is 2.85. The average Bonchev–Trinajstić information content (AvgIpc) is 2.46. The molecule has 0 aliphatic carbocycles. The molecular formula is C17H23N3O. The van der Waals surface area contributed by atoms with Gasteiger partial charge in [-0.25, -0.2) is 0 Å². The summed E-state index contributed by atoms with van der Waals surface area (Å²) in [7, 11) is 3.59. The minimum Gasteiger partial charge on any atom is -0.362 e. The summed E-state index contributed by atoms with van der Waals surface area (Å²) in [4.78, 5) is 20.3. The Morgan fingerprint density at radius 2 is 2.00 bits per heavy atom. The molecule has 21 heavy (non-hydrogen) atoms. The molecule has 2 rings (SSSR count). The number of nitrogens with zero attached hydrogens (tertiary/aromatic N) is 3. The second-order valence-corrected chi connectivity index (χ2v) is 5.56. The van der Waals surface area contributed by atoms with Crippen LogP contribution in [0.3, 0.4) is 0 Å². The second kappa shape index (κ2) is 6.57. The van der Waals surface area contributed by atoms with Crippen LogP contribution in [0.2, 0.25) is 0 Å². The first-order valence-corrected chi connectivity index (χ1v) is 7.33. The quantitative estimate of drug-likeness (QED) is 0.847. The number of benzene rings is 1. The Bertz CT molecular complexity index is 637. The van der Waals surface area contributed by atoms with E-state index in [-0.39, 0.29) is 5.91 Å². The molecule has 0 radical (unpaired) electrons. The number of hydrogen-bond donors (Lipinski definition) is 0. The van der Waals surface area contributed by atoms with Crippen LogP contribution in [-0.4, -0.2) is 43.0 Å². The molecule has 0 N–H and O–H groups in total. The van der Waals surface area contributed by atoms with Crippen LogP contribution in [0.25, 0.3) is 10.9 Å². The Morgan fingerprint density at radius 1 is 1.24 bits per heavy atom. The zero-order valence-electron chi connectivity index (χ0n) is 13.3. The fourth-order valence-electron chi connectivity index (χ4n) is 2.38. The first kappa shape index (κ1) is 15.3. The van der Waals surface area contributed by atoms with Crippen LogP contribution in [0.1, 0.15) is 18.9 Å². The Morgan fingerprint density at radius 3 is 2.67 bits per heavy atom. The molecule has 0 saturated heterocycles. The number of fused-ring (bicyclic) bond motifs is 1. The molecule has 4 heteroatoms. The molecule has 4 nitrogen and oxygen atoms in total. The van der Waals surface area contributed by atoms with Gasteiger partial charge in [0.25, 0.3) is 0 Å². The fourth-order valence-corrected chi connectivity index (χ4v) is 2.38. The standard InChI is InChI=1S/C17H23N3O/c1-5-10-20(12-17(21)19(3)4)16-8-9-18-15-7-6-13(2)11-14(15)16/h6-9,11H,5,10,12H2,1-4H3.